The summed E-state index contributed by atoms with van der Waals surface area (Å²) in [5.41, 5.74) is 9.46. The molecule has 0 aromatic carbocycles. The van der Waals surface area contributed by atoms with E-state index in [1.165, 1.54) is 0 Å². The van der Waals surface area contributed by atoms with Gasteiger partial charge in [-0.3, -0.25) is 0 Å². The average Bonchev–Trinajstić information content (AvgIpc) is 2.46. The molecule has 0 amide bonds. The normalized spacial score (nSPS) is 14.7. The Morgan fingerprint density at radius 3 is 1.64 bits per heavy atom. The molecule has 28 heavy (non-hydrogen) atoms. The van der Waals surface area contributed by atoms with Gasteiger partial charge in [0.25, 0.3) is 0 Å². The molecule has 12 heteroatoms. The van der Waals surface area contributed by atoms with Gasteiger partial charge < -0.3 is 0 Å². The summed E-state index contributed by atoms with van der Waals surface area (Å²) in [5.74, 6) is -3.53. The number of nitrogens with two attached hydrogens (primary N) is 2. The van der Waals surface area contributed by atoms with Gasteiger partial charge in [-0.1, -0.05) is 0 Å². The quantitative estimate of drug-likeness (QED) is 0.171. The van der Waals surface area contributed by atoms with Crippen LogP contribution in [-0.4, -0.2) is 77.5 Å². The molecular weight excluding hydrogens is 475 g/mol. The third-order valence-electron chi connectivity index (χ3n) is 2.85. The standard InChI is InChI=1S/C16H27N2O7S2Se/c1-14(2,3)24-12(22)16(9(18)11(21)28,13(23)25-15(4,5)6)27-26-7-8(17)10(19)20/h8-9H,7,17-18H2,1-6H3,(H,19,20). The first kappa shape index (κ1) is 27.2. The number of carbonyl (C=O) groups excluding carboxylic acids is 3. The Bertz CT molecular complexity index is 589. The van der Waals surface area contributed by atoms with Crippen LogP contribution in [0.1, 0.15) is 41.5 Å². The Labute approximate surface area is 180 Å². The SMILES string of the molecule is CC(C)(C)OC(=O)C(SSCC(N)C(=O)O)(C(=O)OC(C)(C)C)C(N)C(=O)[Se]. The summed E-state index contributed by atoms with van der Waals surface area (Å²) in [6, 6.07) is -2.87. The minimum absolute atomic E-state index is 0.151. The van der Waals surface area contributed by atoms with Gasteiger partial charge >= 0.3 is 181 Å². The van der Waals surface area contributed by atoms with Crippen molar-refractivity contribution in [2.45, 2.75) is 69.6 Å². The van der Waals surface area contributed by atoms with Gasteiger partial charge in [-0.15, -0.1) is 0 Å². The maximum absolute atomic E-state index is 13.0. The minimum atomic E-state index is -2.26. The van der Waals surface area contributed by atoms with Crippen LogP contribution in [0.4, 0.5) is 0 Å². The average molecular weight is 502 g/mol. The maximum atomic E-state index is 13.0. The van der Waals surface area contributed by atoms with Crippen LogP contribution in [0.3, 0.4) is 0 Å². The molecule has 0 aromatic rings. The van der Waals surface area contributed by atoms with Crippen LogP contribution in [0.5, 0.6) is 0 Å². The molecule has 0 aliphatic rings. The van der Waals surface area contributed by atoms with E-state index in [0.29, 0.717) is 10.8 Å². The first-order chi connectivity index (χ1) is 12.4. The van der Waals surface area contributed by atoms with E-state index in [4.69, 9.17) is 26.0 Å². The number of carbonyl (C=O) groups is 4. The topological polar surface area (TPSA) is 159 Å². The Kier molecular flexibility index (Phi) is 10.0. The summed E-state index contributed by atoms with van der Waals surface area (Å²) < 4.78 is 7.68. The second kappa shape index (κ2) is 10.3. The Balaban J connectivity index is 6.12. The van der Waals surface area contributed by atoms with Crippen molar-refractivity contribution in [3.05, 3.63) is 0 Å². The molecule has 0 spiro atoms. The zero-order valence-electron chi connectivity index (χ0n) is 16.6. The van der Waals surface area contributed by atoms with Crippen molar-refractivity contribution < 1.29 is 33.8 Å². The van der Waals surface area contributed by atoms with Crippen molar-refractivity contribution in [2.24, 2.45) is 11.5 Å². The predicted octanol–water partition coefficient (Wildman–Crippen LogP) is 0.224. The molecule has 1 radical (unpaired) electrons. The number of ether oxygens (including phenoxy) is 2. The van der Waals surface area contributed by atoms with Crippen LogP contribution in [0, 0.1) is 0 Å². The second-order valence-corrected chi connectivity index (χ2v) is 11.3. The predicted molar refractivity (Wildman–Crippen MR) is 109 cm³/mol. The van der Waals surface area contributed by atoms with Crippen LogP contribution in [-0.2, 0) is 28.7 Å². The number of carboxylic acid groups (broad SMARTS) is 1. The Hall–Kier alpha value is -0.781. The van der Waals surface area contributed by atoms with Crippen molar-refractivity contribution >= 4 is 60.2 Å². The molecule has 0 rings (SSSR count). The fourth-order valence-corrected chi connectivity index (χ4v) is 5.04. The molecule has 161 valence electrons. The van der Waals surface area contributed by atoms with Crippen molar-refractivity contribution in [1.29, 1.82) is 0 Å². The summed E-state index contributed by atoms with van der Waals surface area (Å²) in [4.78, 5) is 48.9. The van der Waals surface area contributed by atoms with Crippen molar-refractivity contribution in [2.75, 3.05) is 5.75 Å². The van der Waals surface area contributed by atoms with Gasteiger partial charge in [0.2, 0.25) is 0 Å². The monoisotopic (exact) mass is 503 g/mol. The van der Waals surface area contributed by atoms with E-state index in [1.54, 1.807) is 41.5 Å². The zero-order chi connectivity index (χ0) is 22.5. The Morgan fingerprint density at radius 1 is 0.964 bits per heavy atom. The van der Waals surface area contributed by atoms with Crippen LogP contribution >= 0.6 is 21.6 Å². The number of aliphatic carboxylic acids is 1. The van der Waals surface area contributed by atoms with Gasteiger partial charge in [0, 0.05) is 0 Å². The van der Waals surface area contributed by atoms with E-state index in [1.807, 2.05) is 0 Å². The first-order valence-electron chi connectivity index (χ1n) is 8.16. The van der Waals surface area contributed by atoms with Gasteiger partial charge in [-0.2, -0.15) is 0 Å². The molecule has 2 atom stereocenters. The fourth-order valence-electron chi connectivity index (χ4n) is 1.60. The van der Waals surface area contributed by atoms with Gasteiger partial charge in [0.1, 0.15) is 0 Å². The van der Waals surface area contributed by atoms with Crippen LogP contribution < -0.4 is 11.5 Å². The summed E-state index contributed by atoms with van der Waals surface area (Å²) in [5, 5.41) is 8.92. The van der Waals surface area contributed by atoms with Crippen LogP contribution in [0.15, 0.2) is 0 Å². The summed E-state index contributed by atoms with van der Waals surface area (Å²) in [6.07, 6.45) is 0. The second-order valence-electron chi connectivity index (χ2n) is 7.85. The third kappa shape index (κ3) is 8.30. The van der Waals surface area contributed by atoms with E-state index >= 15 is 0 Å². The van der Waals surface area contributed by atoms with Crippen LogP contribution in [0.25, 0.3) is 0 Å². The van der Waals surface area contributed by atoms with Crippen LogP contribution in [0.2, 0.25) is 0 Å². The van der Waals surface area contributed by atoms with Crippen molar-refractivity contribution in [3.63, 3.8) is 0 Å². The molecule has 0 saturated carbocycles. The Morgan fingerprint density at radius 2 is 1.36 bits per heavy atom. The summed E-state index contributed by atoms with van der Waals surface area (Å²) in [6.45, 7) is 9.55. The van der Waals surface area contributed by atoms with E-state index in [0.717, 1.165) is 10.8 Å². The molecule has 0 aliphatic heterocycles. The number of hydrogen-bond donors (Lipinski definition) is 3. The molecule has 2 unspecified atom stereocenters. The van der Waals surface area contributed by atoms with Gasteiger partial charge in [0.05, 0.1) is 0 Å². The van der Waals surface area contributed by atoms with Crippen molar-refractivity contribution in [3.8, 4) is 0 Å². The summed E-state index contributed by atoms with van der Waals surface area (Å²) in [7, 11) is 1.42. The van der Waals surface area contributed by atoms with Crippen molar-refractivity contribution in [1.82, 2.24) is 0 Å². The third-order valence-corrected chi connectivity index (χ3v) is 6.40. The molecule has 9 nitrogen and oxygen atoms in total. The number of carboxylic acids is 1. The van der Waals surface area contributed by atoms with E-state index in [2.05, 4.69) is 16.0 Å². The molecule has 0 saturated heterocycles. The number of rotatable bonds is 9. The van der Waals surface area contributed by atoms with Gasteiger partial charge in [-0.25, -0.2) is 0 Å². The van der Waals surface area contributed by atoms with E-state index in [-0.39, 0.29) is 5.75 Å². The number of hydrogen-bond acceptors (Lipinski definition) is 10. The number of esters is 2. The first-order valence-corrected chi connectivity index (χ1v) is 11.3. The molecule has 5 N–H and O–H groups in total. The molecular formula is C16H27N2O7S2Se. The van der Waals surface area contributed by atoms with E-state index < -0.39 is 50.6 Å². The van der Waals surface area contributed by atoms with E-state index in [9.17, 15) is 19.2 Å². The van der Waals surface area contributed by atoms with Gasteiger partial charge in [-0.05, 0) is 0 Å². The summed E-state index contributed by atoms with van der Waals surface area (Å²) >= 11 is 2.18. The molecule has 0 fully saturated rings. The molecule has 0 aliphatic carbocycles. The van der Waals surface area contributed by atoms with Gasteiger partial charge in [0.15, 0.2) is 0 Å². The molecule has 0 bridgehead atoms. The molecule has 0 heterocycles. The zero-order valence-corrected chi connectivity index (χ0v) is 20.0. The fraction of sp³-hybridized carbons (Fsp3) is 0.750. The molecule has 0 aromatic heterocycles.